The first-order valence-corrected chi connectivity index (χ1v) is 12.4. The number of sulfonamides is 1. The third kappa shape index (κ3) is 5.05. The number of amidine groups is 1. The van der Waals surface area contributed by atoms with Crippen molar-refractivity contribution in [1.82, 2.24) is 9.21 Å². The molecule has 0 radical (unpaired) electrons. The van der Waals surface area contributed by atoms with E-state index in [0.717, 1.165) is 5.84 Å². The normalized spacial score (nSPS) is 24.3. The summed E-state index contributed by atoms with van der Waals surface area (Å²) in [7, 11) is -3.42. The Labute approximate surface area is 178 Å². The van der Waals surface area contributed by atoms with Gasteiger partial charge in [-0.25, -0.2) is 8.42 Å². The quantitative estimate of drug-likeness (QED) is 0.745. The van der Waals surface area contributed by atoms with Crippen molar-refractivity contribution < 1.29 is 13.5 Å². The largest absolute Gasteiger partial charge is 0.395 e. The summed E-state index contributed by atoms with van der Waals surface area (Å²) in [5, 5.41) is 9.47. The van der Waals surface area contributed by atoms with Gasteiger partial charge in [0.15, 0.2) is 0 Å². The standard InChI is InChI=1S/C22H41N3O3S/c1-20(2,3)17-16-13-15(25(11-12-26)29(10,27)28)14-24(16)19(22(7,8)9)23-18(17)21(4,5)6/h15,18,26H,11-14H2,1-10H3. The van der Waals surface area contributed by atoms with Crippen molar-refractivity contribution in [3.05, 3.63) is 11.3 Å². The lowest BCUT2D eigenvalue weighted by Gasteiger charge is -2.45. The third-order valence-corrected chi connectivity index (χ3v) is 7.02. The van der Waals surface area contributed by atoms with E-state index < -0.39 is 10.0 Å². The molecular weight excluding hydrogens is 386 g/mol. The summed E-state index contributed by atoms with van der Waals surface area (Å²) in [5.74, 6) is 1.03. The fourth-order valence-electron chi connectivity index (χ4n) is 4.58. The summed E-state index contributed by atoms with van der Waals surface area (Å²) in [6, 6.07) is -0.151. The van der Waals surface area contributed by atoms with Crippen LogP contribution >= 0.6 is 0 Å². The van der Waals surface area contributed by atoms with Gasteiger partial charge >= 0.3 is 0 Å². The van der Waals surface area contributed by atoms with Crippen LogP contribution in [0.4, 0.5) is 0 Å². The number of aliphatic imine (C=N–C) groups is 1. The molecule has 168 valence electrons. The minimum absolute atomic E-state index is 0.0437. The second-order valence-corrected chi connectivity index (χ2v) is 13.6. The van der Waals surface area contributed by atoms with E-state index >= 15 is 0 Å². The Morgan fingerprint density at radius 1 is 1.07 bits per heavy atom. The highest BCUT2D eigenvalue weighted by atomic mass is 32.2. The van der Waals surface area contributed by atoms with Gasteiger partial charge < -0.3 is 10.0 Å². The Morgan fingerprint density at radius 2 is 1.62 bits per heavy atom. The highest BCUT2D eigenvalue weighted by molar-refractivity contribution is 7.88. The van der Waals surface area contributed by atoms with Gasteiger partial charge in [0.1, 0.15) is 5.84 Å². The number of hydrogen-bond acceptors (Lipinski definition) is 5. The Bertz CT molecular complexity index is 793. The van der Waals surface area contributed by atoms with Gasteiger partial charge in [-0.1, -0.05) is 62.3 Å². The molecule has 0 aliphatic carbocycles. The lowest BCUT2D eigenvalue weighted by atomic mass is 9.70. The van der Waals surface area contributed by atoms with Gasteiger partial charge in [-0.2, -0.15) is 4.31 Å². The summed E-state index contributed by atoms with van der Waals surface area (Å²) < 4.78 is 26.4. The number of nitrogens with zero attached hydrogens (tertiary/aromatic N) is 3. The van der Waals surface area contributed by atoms with Crippen LogP contribution in [0.5, 0.6) is 0 Å². The number of aliphatic hydroxyl groups is 1. The van der Waals surface area contributed by atoms with Gasteiger partial charge in [0.2, 0.25) is 10.0 Å². The van der Waals surface area contributed by atoms with Crippen LogP contribution < -0.4 is 0 Å². The molecule has 1 N–H and O–H groups in total. The minimum atomic E-state index is -3.42. The molecule has 1 saturated heterocycles. The molecule has 0 bridgehead atoms. The summed E-state index contributed by atoms with van der Waals surface area (Å²) in [6.45, 7) is 20.4. The zero-order valence-electron chi connectivity index (χ0n) is 20.0. The molecule has 0 amide bonds. The number of fused-ring (bicyclic) bond motifs is 1. The van der Waals surface area contributed by atoms with Crippen LogP contribution in [0, 0.1) is 16.2 Å². The van der Waals surface area contributed by atoms with E-state index in [2.05, 4.69) is 67.2 Å². The Balaban J connectivity index is 2.68. The van der Waals surface area contributed by atoms with Gasteiger partial charge in [-0.15, -0.1) is 0 Å². The van der Waals surface area contributed by atoms with Crippen molar-refractivity contribution in [3.8, 4) is 0 Å². The average molecular weight is 428 g/mol. The molecule has 2 unspecified atom stereocenters. The van der Waals surface area contributed by atoms with Crippen molar-refractivity contribution in [3.63, 3.8) is 0 Å². The summed E-state index contributed by atoms with van der Waals surface area (Å²) in [5.41, 5.74) is 2.24. The van der Waals surface area contributed by atoms with Crippen molar-refractivity contribution in [2.24, 2.45) is 21.2 Å². The van der Waals surface area contributed by atoms with E-state index in [-0.39, 0.29) is 41.5 Å². The maximum absolute atomic E-state index is 12.4. The molecule has 0 aromatic rings. The van der Waals surface area contributed by atoms with Gasteiger partial charge in [0, 0.05) is 36.7 Å². The predicted octanol–water partition coefficient (Wildman–Crippen LogP) is 3.49. The minimum Gasteiger partial charge on any atom is -0.395 e. The molecule has 2 aliphatic rings. The summed E-state index contributed by atoms with van der Waals surface area (Å²) >= 11 is 0. The molecule has 2 aliphatic heterocycles. The molecule has 2 atom stereocenters. The molecule has 0 spiro atoms. The fourth-order valence-corrected chi connectivity index (χ4v) is 5.68. The van der Waals surface area contributed by atoms with Crippen LogP contribution in [-0.2, 0) is 10.0 Å². The van der Waals surface area contributed by atoms with E-state index in [1.54, 1.807) is 0 Å². The zero-order valence-corrected chi connectivity index (χ0v) is 20.8. The van der Waals surface area contributed by atoms with Gasteiger partial charge in [0.05, 0.1) is 18.9 Å². The Kier molecular flexibility index (Phi) is 6.42. The number of aliphatic hydroxyl groups excluding tert-OH is 1. The van der Waals surface area contributed by atoms with E-state index in [0.29, 0.717) is 13.0 Å². The van der Waals surface area contributed by atoms with E-state index in [1.165, 1.54) is 21.8 Å². The molecule has 29 heavy (non-hydrogen) atoms. The third-order valence-electron chi connectivity index (χ3n) is 5.69. The van der Waals surface area contributed by atoms with Gasteiger partial charge in [0.25, 0.3) is 0 Å². The SMILES string of the molecule is CC(C)(C)C1=NC(C(C)(C)C)C(C(C)(C)C)=C2CC(N(CCO)S(C)(=O)=O)CN12. The van der Waals surface area contributed by atoms with E-state index in [1.807, 2.05) is 0 Å². The lowest BCUT2D eigenvalue weighted by Crippen LogP contribution is -2.48. The zero-order chi connectivity index (χ0) is 22.6. The first kappa shape index (κ1) is 24.4. The van der Waals surface area contributed by atoms with Gasteiger partial charge in [-0.05, 0) is 16.4 Å². The second-order valence-electron chi connectivity index (χ2n) is 11.6. The molecule has 0 aromatic carbocycles. The highest BCUT2D eigenvalue weighted by Crippen LogP contribution is 2.48. The maximum atomic E-state index is 12.4. The molecule has 2 rings (SSSR count). The smallest absolute Gasteiger partial charge is 0.211 e. The van der Waals surface area contributed by atoms with Gasteiger partial charge in [-0.3, -0.25) is 4.99 Å². The van der Waals surface area contributed by atoms with Crippen molar-refractivity contribution >= 4 is 15.9 Å². The Morgan fingerprint density at radius 3 is 2.00 bits per heavy atom. The second kappa shape index (κ2) is 7.65. The first-order chi connectivity index (χ1) is 12.9. The Hall–Kier alpha value is -0.920. The topological polar surface area (TPSA) is 73.2 Å². The molecule has 0 aromatic heterocycles. The molecular formula is C22H41N3O3S. The summed E-state index contributed by atoms with van der Waals surface area (Å²) in [4.78, 5) is 7.55. The van der Waals surface area contributed by atoms with E-state index in [4.69, 9.17) is 4.99 Å². The molecule has 6 nitrogen and oxygen atoms in total. The lowest BCUT2D eigenvalue weighted by molar-refractivity contribution is 0.227. The molecule has 7 heteroatoms. The summed E-state index contributed by atoms with van der Waals surface area (Å²) in [6.07, 6.45) is 1.89. The molecule has 2 heterocycles. The number of hydrogen-bond donors (Lipinski definition) is 1. The van der Waals surface area contributed by atoms with Crippen LogP contribution in [0.25, 0.3) is 0 Å². The fraction of sp³-hybridized carbons (Fsp3) is 0.864. The maximum Gasteiger partial charge on any atom is 0.211 e. The average Bonchev–Trinajstić information content (AvgIpc) is 2.90. The molecule has 0 saturated carbocycles. The van der Waals surface area contributed by atoms with Crippen LogP contribution in [0.3, 0.4) is 0 Å². The van der Waals surface area contributed by atoms with Crippen LogP contribution in [0.15, 0.2) is 16.3 Å². The van der Waals surface area contributed by atoms with E-state index in [9.17, 15) is 13.5 Å². The van der Waals surface area contributed by atoms with Crippen molar-refractivity contribution in [2.75, 3.05) is 26.0 Å². The van der Waals surface area contributed by atoms with Crippen LogP contribution in [0.1, 0.15) is 68.7 Å². The monoisotopic (exact) mass is 427 g/mol. The van der Waals surface area contributed by atoms with Crippen molar-refractivity contribution in [2.45, 2.75) is 80.8 Å². The van der Waals surface area contributed by atoms with Crippen LogP contribution in [-0.4, -0.2) is 66.6 Å². The molecule has 1 fully saturated rings. The highest BCUT2D eigenvalue weighted by Gasteiger charge is 2.48. The van der Waals surface area contributed by atoms with Crippen molar-refractivity contribution in [1.29, 1.82) is 0 Å². The first-order valence-electron chi connectivity index (χ1n) is 10.6. The number of rotatable bonds is 4. The van der Waals surface area contributed by atoms with Crippen LogP contribution in [0.2, 0.25) is 0 Å². The predicted molar refractivity (Wildman–Crippen MR) is 120 cm³/mol.